The number of rotatable bonds is 4. The molecule has 2 rings (SSSR count). The predicted molar refractivity (Wildman–Crippen MR) is 90.3 cm³/mol. The van der Waals surface area contributed by atoms with Gasteiger partial charge in [-0.2, -0.15) is 5.10 Å². The van der Waals surface area contributed by atoms with Crippen LogP contribution >= 0.6 is 0 Å². The van der Waals surface area contributed by atoms with Gasteiger partial charge in [0.15, 0.2) is 5.75 Å². The van der Waals surface area contributed by atoms with E-state index in [9.17, 15) is 24.8 Å². The molecule has 128 valence electrons. The van der Waals surface area contributed by atoms with Crippen LogP contribution in [0.4, 0.5) is 11.4 Å². The van der Waals surface area contributed by atoms with Gasteiger partial charge >= 0.3 is 17.5 Å². The Balaban J connectivity index is 1.98. The van der Waals surface area contributed by atoms with Gasteiger partial charge in [0, 0.05) is 17.3 Å². The van der Waals surface area contributed by atoms with E-state index in [0.29, 0.717) is 5.69 Å². The number of aromatic hydroxyl groups is 1. The molecule has 0 radical (unpaired) electrons. The summed E-state index contributed by atoms with van der Waals surface area (Å²) in [5.41, 5.74) is 3.09. The number of nitro groups is 1. The van der Waals surface area contributed by atoms with Crippen molar-refractivity contribution in [3.8, 4) is 5.75 Å². The molecule has 0 unspecified atom stereocenters. The Morgan fingerprint density at radius 1 is 1.20 bits per heavy atom. The molecule has 25 heavy (non-hydrogen) atoms. The Morgan fingerprint density at radius 3 is 2.60 bits per heavy atom. The maximum atomic E-state index is 11.8. The average Bonchev–Trinajstić information content (AvgIpc) is 2.58. The van der Waals surface area contributed by atoms with Crippen molar-refractivity contribution in [1.29, 1.82) is 0 Å². The summed E-state index contributed by atoms with van der Waals surface area (Å²) in [6.07, 6.45) is 1.12. The highest BCUT2D eigenvalue weighted by atomic mass is 16.6. The third-order valence-electron chi connectivity index (χ3n) is 3.18. The van der Waals surface area contributed by atoms with Gasteiger partial charge in [0.1, 0.15) is 0 Å². The van der Waals surface area contributed by atoms with Crippen molar-refractivity contribution >= 4 is 29.4 Å². The molecule has 0 saturated carbocycles. The van der Waals surface area contributed by atoms with Crippen molar-refractivity contribution in [2.24, 2.45) is 5.10 Å². The van der Waals surface area contributed by atoms with Crippen molar-refractivity contribution in [2.75, 3.05) is 5.32 Å². The van der Waals surface area contributed by atoms with Crippen LogP contribution in [0.3, 0.4) is 0 Å². The van der Waals surface area contributed by atoms with Gasteiger partial charge in [-0.05, 0) is 30.7 Å². The van der Waals surface area contributed by atoms with E-state index in [-0.39, 0.29) is 5.56 Å². The number of hydrogen-bond donors (Lipinski definition) is 3. The number of nitrogens with zero attached hydrogens (tertiary/aromatic N) is 2. The lowest BCUT2D eigenvalue weighted by Crippen LogP contribution is -2.32. The maximum Gasteiger partial charge on any atom is 0.329 e. The lowest BCUT2D eigenvalue weighted by Gasteiger charge is -2.06. The first-order valence-corrected chi connectivity index (χ1v) is 7.06. The quantitative estimate of drug-likeness (QED) is 0.336. The molecule has 0 heterocycles. The van der Waals surface area contributed by atoms with E-state index in [0.717, 1.165) is 23.9 Å². The van der Waals surface area contributed by atoms with Gasteiger partial charge in [-0.25, -0.2) is 5.43 Å². The summed E-state index contributed by atoms with van der Waals surface area (Å²) >= 11 is 0. The third kappa shape index (κ3) is 4.61. The number of nitro benzene ring substituents is 1. The molecule has 0 spiro atoms. The highest BCUT2D eigenvalue weighted by molar-refractivity contribution is 6.39. The number of phenolic OH excluding ortho intramolecular Hbond substituents is 1. The Labute approximate surface area is 142 Å². The number of carbonyl (C=O) groups is 2. The Morgan fingerprint density at radius 2 is 1.92 bits per heavy atom. The summed E-state index contributed by atoms with van der Waals surface area (Å²) in [5, 5.41) is 26.1. The van der Waals surface area contributed by atoms with Gasteiger partial charge in [0.25, 0.3) is 0 Å². The highest BCUT2D eigenvalue weighted by Crippen LogP contribution is 2.25. The Hall–Kier alpha value is -3.75. The fraction of sp³-hybridized carbons (Fsp3) is 0.0625. The lowest BCUT2D eigenvalue weighted by molar-refractivity contribution is -0.385. The molecule has 0 fully saturated rings. The predicted octanol–water partition coefficient (Wildman–Crippen LogP) is 1.70. The summed E-state index contributed by atoms with van der Waals surface area (Å²) in [7, 11) is 0. The summed E-state index contributed by atoms with van der Waals surface area (Å²) in [4.78, 5) is 33.4. The number of para-hydroxylation sites is 1. The first-order valence-electron chi connectivity index (χ1n) is 7.06. The van der Waals surface area contributed by atoms with Crippen molar-refractivity contribution in [1.82, 2.24) is 5.43 Å². The number of phenols is 1. The fourth-order valence-electron chi connectivity index (χ4n) is 1.88. The second-order valence-electron chi connectivity index (χ2n) is 4.97. The number of carbonyl (C=O) groups excluding carboxylic acids is 2. The zero-order valence-corrected chi connectivity index (χ0v) is 13.1. The van der Waals surface area contributed by atoms with Gasteiger partial charge in [-0.3, -0.25) is 19.7 Å². The summed E-state index contributed by atoms with van der Waals surface area (Å²) in [5.74, 6) is -2.38. The molecule has 0 aliphatic carbocycles. The van der Waals surface area contributed by atoms with Crippen molar-refractivity contribution in [3.63, 3.8) is 0 Å². The molecule has 0 bridgehead atoms. The monoisotopic (exact) mass is 342 g/mol. The number of hydrogen-bond acceptors (Lipinski definition) is 6. The topological polar surface area (TPSA) is 134 Å². The van der Waals surface area contributed by atoms with Gasteiger partial charge in [-0.1, -0.05) is 18.2 Å². The van der Waals surface area contributed by atoms with Crippen LogP contribution in [0.5, 0.6) is 5.75 Å². The first-order chi connectivity index (χ1) is 11.9. The first kappa shape index (κ1) is 17.6. The van der Waals surface area contributed by atoms with Crippen LogP contribution in [0.1, 0.15) is 11.1 Å². The standard InChI is InChI=1S/C16H14N4O5/c1-10-4-2-3-5-12(10)18-15(22)16(23)19-17-9-11-6-7-14(21)13(8-11)20(24)25/h2-9,21H,1H3,(H,18,22)(H,19,23)/b17-9+. The zero-order valence-electron chi connectivity index (χ0n) is 13.1. The molecular formula is C16H14N4O5. The highest BCUT2D eigenvalue weighted by Gasteiger charge is 2.14. The zero-order chi connectivity index (χ0) is 18.4. The minimum absolute atomic E-state index is 0.268. The third-order valence-corrected chi connectivity index (χ3v) is 3.18. The smallest absolute Gasteiger partial charge is 0.329 e. The van der Waals surface area contributed by atoms with E-state index in [4.69, 9.17) is 0 Å². The van der Waals surface area contributed by atoms with Crippen molar-refractivity contribution in [3.05, 3.63) is 63.7 Å². The summed E-state index contributed by atoms with van der Waals surface area (Å²) in [6, 6.07) is 10.5. The molecule has 9 heteroatoms. The normalized spacial score (nSPS) is 10.4. The lowest BCUT2D eigenvalue weighted by atomic mass is 10.2. The van der Waals surface area contributed by atoms with Crippen LogP contribution in [0.2, 0.25) is 0 Å². The summed E-state index contributed by atoms with van der Waals surface area (Å²) < 4.78 is 0. The maximum absolute atomic E-state index is 11.8. The number of amides is 2. The molecule has 0 aliphatic rings. The Bertz CT molecular complexity index is 863. The molecule has 2 aromatic carbocycles. The van der Waals surface area contributed by atoms with E-state index in [1.807, 2.05) is 5.43 Å². The second kappa shape index (κ2) is 7.68. The SMILES string of the molecule is Cc1ccccc1NC(=O)C(=O)N/N=C/c1ccc(O)c([N+](=O)[O-])c1. The average molecular weight is 342 g/mol. The number of nitrogens with one attached hydrogen (secondary N) is 2. The number of benzene rings is 2. The molecule has 2 amide bonds. The Kier molecular flexibility index (Phi) is 5.41. The van der Waals surface area contributed by atoms with E-state index in [1.54, 1.807) is 31.2 Å². The van der Waals surface area contributed by atoms with Crippen LogP contribution in [-0.2, 0) is 9.59 Å². The van der Waals surface area contributed by atoms with Crippen LogP contribution in [0.15, 0.2) is 47.6 Å². The molecule has 0 atom stereocenters. The van der Waals surface area contributed by atoms with Crippen molar-refractivity contribution < 1.29 is 19.6 Å². The van der Waals surface area contributed by atoms with E-state index in [1.165, 1.54) is 6.07 Å². The van der Waals surface area contributed by atoms with Gasteiger partial charge in [-0.15, -0.1) is 0 Å². The molecule has 0 aliphatic heterocycles. The van der Waals surface area contributed by atoms with Gasteiger partial charge < -0.3 is 10.4 Å². The van der Waals surface area contributed by atoms with Crippen molar-refractivity contribution in [2.45, 2.75) is 6.92 Å². The van der Waals surface area contributed by atoms with E-state index >= 15 is 0 Å². The molecule has 3 N–H and O–H groups in total. The molecule has 2 aromatic rings. The molecule has 0 saturated heterocycles. The van der Waals surface area contributed by atoms with Gasteiger partial charge in [0.2, 0.25) is 0 Å². The molecular weight excluding hydrogens is 328 g/mol. The van der Waals surface area contributed by atoms with E-state index in [2.05, 4.69) is 10.4 Å². The fourth-order valence-corrected chi connectivity index (χ4v) is 1.88. The summed E-state index contributed by atoms with van der Waals surface area (Å²) in [6.45, 7) is 1.78. The minimum atomic E-state index is -0.993. The largest absolute Gasteiger partial charge is 0.502 e. The minimum Gasteiger partial charge on any atom is -0.502 e. The molecule has 0 aromatic heterocycles. The van der Waals surface area contributed by atoms with Crippen LogP contribution < -0.4 is 10.7 Å². The number of anilines is 1. The van der Waals surface area contributed by atoms with Crippen LogP contribution in [0, 0.1) is 17.0 Å². The second-order valence-corrected chi connectivity index (χ2v) is 4.97. The van der Waals surface area contributed by atoms with Crippen LogP contribution in [0.25, 0.3) is 0 Å². The number of aryl methyl sites for hydroxylation is 1. The molecule has 9 nitrogen and oxygen atoms in total. The van der Waals surface area contributed by atoms with Gasteiger partial charge in [0.05, 0.1) is 11.1 Å². The van der Waals surface area contributed by atoms with Crippen LogP contribution in [-0.4, -0.2) is 28.1 Å². The van der Waals surface area contributed by atoms with E-state index < -0.39 is 28.2 Å². The number of hydrazone groups is 1.